The van der Waals surface area contributed by atoms with E-state index in [9.17, 15) is 27.9 Å². The molecule has 1 fully saturated rings. The zero-order valence-electron chi connectivity index (χ0n) is 19.9. The average Bonchev–Trinajstić information content (AvgIpc) is 2.86. The summed E-state index contributed by atoms with van der Waals surface area (Å²) in [6.45, 7) is 3.37. The molecule has 1 saturated heterocycles. The van der Waals surface area contributed by atoms with Gasteiger partial charge >= 0.3 is 6.18 Å². The molecule has 2 heterocycles. The number of carbonyl (C=O) groups is 1. The zero-order valence-corrected chi connectivity index (χ0v) is 19.9. The van der Waals surface area contributed by atoms with Crippen molar-refractivity contribution in [1.82, 2.24) is 4.57 Å². The zero-order chi connectivity index (χ0) is 26.0. The molecular weight excluding hydrogens is 475 g/mol. The van der Waals surface area contributed by atoms with Crippen LogP contribution in [0.1, 0.15) is 27.0 Å². The van der Waals surface area contributed by atoms with E-state index in [1.165, 1.54) is 10.6 Å². The number of pyridine rings is 1. The highest BCUT2D eigenvalue weighted by Gasteiger charge is 2.34. The van der Waals surface area contributed by atoms with Crippen molar-refractivity contribution in [3.63, 3.8) is 0 Å². The van der Waals surface area contributed by atoms with Crippen molar-refractivity contribution in [2.75, 3.05) is 36.5 Å². The fraction of sp³-hybridized carbons (Fsp3) is 0.308. The molecule has 2 N–H and O–H groups in total. The van der Waals surface area contributed by atoms with Crippen LogP contribution in [0.2, 0.25) is 0 Å². The Morgan fingerprint density at radius 3 is 2.50 bits per heavy atom. The van der Waals surface area contributed by atoms with Crippen LogP contribution in [0.25, 0.3) is 11.1 Å². The van der Waals surface area contributed by atoms with Gasteiger partial charge in [0.15, 0.2) is 0 Å². The van der Waals surface area contributed by atoms with E-state index in [4.69, 9.17) is 4.74 Å². The lowest BCUT2D eigenvalue weighted by molar-refractivity contribution is -0.138. The topological polar surface area (TPSA) is 83.8 Å². The number of nitrogens with one attached hydrogen (secondary N) is 1. The van der Waals surface area contributed by atoms with Crippen molar-refractivity contribution in [2.45, 2.75) is 19.7 Å². The molecule has 10 heteroatoms. The molecule has 1 aliphatic heterocycles. The van der Waals surface area contributed by atoms with Gasteiger partial charge in [-0.2, -0.15) is 13.2 Å². The fourth-order valence-electron chi connectivity index (χ4n) is 4.21. The molecule has 2 aromatic carbocycles. The van der Waals surface area contributed by atoms with Gasteiger partial charge in [0.2, 0.25) is 0 Å². The Bertz CT molecular complexity index is 1350. The first-order chi connectivity index (χ1) is 17.1. The van der Waals surface area contributed by atoms with Crippen molar-refractivity contribution < 1.29 is 27.8 Å². The number of aryl methyl sites for hydroxylation is 2. The summed E-state index contributed by atoms with van der Waals surface area (Å²) in [4.78, 5) is 27.5. The number of alkyl halides is 3. The van der Waals surface area contributed by atoms with Gasteiger partial charge in [-0.3, -0.25) is 9.59 Å². The van der Waals surface area contributed by atoms with Gasteiger partial charge in [0, 0.05) is 43.1 Å². The summed E-state index contributed by atoms with van der Waals surface area (Å²) in [5.74, 6) is -0.714. The first-order valence-corrected chi connectivity index (χ1v) is 11.3. The summed E-state index contributed by atoms with van der Waals surface area (Å²) < 4.78 is 46.9. The Morgan fingerprint density at radius 2 is 1.83 bits per heavy atom. The number of aromatic nitrogens is 1. The van der Waals surface area contributed by atoms with Crippen LogP contribution in [0.5, 0.6) is 0 Å². The van der Waals surface area contributed by atoms with Crippen LogP contribution in [0, 0.1) is 6.92 Å². The summed E-state index contributed by atoms with van der Waals surface area (Å²) in [6, 6.07) is 10.1. The second-order valence-electron chi connectivity index (χ2n) is 8.64. The monoisotopic (exact) mass is 501 g/mol. The van der Waals surface area contributed by atoms with Crippen LogP contribution in [0.3, 0.4) is 0 Å². The van der Waals surface area contributed by atoms with E-state index in [-0.39, 0.29) is 16.7 Å². The van der Waals surface area contributed by atoms with Gasteiger partial charge < -0.3 is 24.6 Å². The maximum Gasteiger partial charge on any atom is 0.416 e. The Hall–Kier alpha value is -3.63. The van der Waals surface area contributed by atoms with E-state index in [2.05, 4.69) is 5.32 Å². The molecule has 190 valence electrons. The van der Waals surface area contributed by atoms with Crippen LogP contribution in [-0.2, 0) is 24.6 Å². The summed E-state index contributed by atoms with van der Waals surface area (Å²) in [7, 11) is 1.67. The molecule has 0 bridgehead atoms. The number of aliphatic hydroxyl groups is 1. The van der Waals surface area contributed by atoms with Crippen molar-refractivity contribution in [1.29, 1.82) is 0 Å². The molecule has 1 amide bonds. The van der Waals surface area contributed by atoms with Gasteiger partial charge in [-0.1, -0.05) is 12.1 Å². The molecule has 0 atom stereocenters. The quantitative estimate of drug-likeness (QED) is 0.553. The number of amides is 1. The number of hydrogen-bond acceptors (Lipinski definition) is 5. The number of rotatable bonds is 5. The van der Waals surface area contributed by atoms with Gasteiger partial charge in [-0.05, 0) is 53.9 Å². The number of hydrogen-bond donors (Lipinski definition) is 2. The fourth-order valence-corrected chi connectivity index (χ4v) is 4.21. The van der Waals surface area contributed by atoms with E-state index < -0.39 is 24.3 Å². The SMILES string of the molecule is Cc1ccc(NC(=O)c2ccc(CO)c(C(F)(F)F)c2)cc1-c1cc(N2CCOCC2)c(=O)n(C)c1. The molecule has 36 heavy (non-hydrogen) atoms. The summed E-state index contributed by atoms with van der Waals surface area (Å²) in [5.41, 5.74) is 1.70. The average molecular weight is 502 g/mol. The number of anilines is 2. The van der Waals surface area contributed by atoms with Gasteiger partial charge in [-0.25, -0.2) is 0 Å². The smallest absolute Gasteiger partial charge is 0.392 e. The molecule has 0 aliphatic carbocycles. The Kier molecular flexibility index (Phi) is 7.18. The number of halogens is 3. The van der Waals surface area contributed by atoms with Gasteiger partial charge in [0.25, 0.3) is 11.5 Å². The molecule has 0 unspecified atom stereocenters. The Balaban J connectivity index is 1.66. The second-order valence-corrected chi connectivity index (χ2v) is 8.64. The second kappa shape index (κ2) is 10.2. The van der Waals surface area contributed by atoms with E-state index in [0.717, 1.165) is 28.8 Å². The largest absolute Gasteiger partial charge is 0.416 e. The molecular formula is C26H26F3N3O4. The minimum Gasteiger partial charge on any atom is -0.392 e. The number of morpholine rings is 1. The van der Waals surface area contributed by atoms with Crippen molar-refractivity contribution >= 4 is 17.3 Å². The van der Waals surface area contributed by atoms with Crippen LogP contribution in [0.15, 0.2) is 53.5 Å². The molecule has 1 aromatic heterocycles. The number of benzene rings is 2. The van der Waals surface area contributed by atoms with Crippen LogP contribution in [0.4, 0.5) is 24.5 Å². The lowest BCUT2D eigenvalue weighted by Crippen LogP contribution is -2.40. The van der Waals surface area contributed by atoms with E-state index in [1.54, 1.807) is 31.4 Å². The molecule has 1 aliphatic rings. The highest BCUT2D eigenvalue weighted by atomic mass is 19.4. The Morgan fingerprint density at radius 1 is 1.11 bits per heavy atom. The molecule has 0 radical (unpaired) electrons. The van der Waals surface area contributed by atoms with Gasteiger partial charge in [-0.15, -0.1) is 0 Å². The van der Waals surface area contributed by atoms with E-state index in [0.29, 0.717) is 37.7 Å². The van der Waals surface area contributed by atoms with Crippen LogP contribution in [-0.4, -0.2) is 41.9 Å². The summed E-state index contributed by atoms with van der Waals surface area (Å²) in [5, 5.41) is 11.9. The number of nitrogens with zero attached hydrogens (tertiary/aromatic N) is 2. The third-order valence-electron chi connectivity index (χ3n) is 6.17. The van der Waals surface area contributed by atoms with Crippen molar-refractivity contribution in [3.8, 4) is 11.1 Å². The molecule has 0 saturated carbocycles. The summed E-state index contributed by atoms with van der Waals surface area (Å²) >= 11 is 0. The maximum absolute atomic E-state index is 13.3. The lowest BCUT2D eigenvalue weighted by atomic mass is 10.00. The predicted octanol–water partition coefficient (Wildman–Crippen LogP) is 3.96. The number of aliphatic hydroxyl groups excluding tert-OH is 1. The predicted molar refractivity (Wildman–Crippen MR) is 130 cm³/mol. The van der Waals surface area contributed by atoms with Crippen molar-refractivity contribution in [3.05, 3.63) is 81.3 Å². The minimum absolute atomic E-state index is 0.130. The maximum atomic E-state index is 13.3. The van der Waals surface area contributed by atoms with E-state index in [1.807, 2.05) is 17.9 Å². The normalized spacial score (nSPS) is 14.1. The van der Waals surface area contributed by atoms with Gasteiger partial charge in [0.05, 0.1) is 25.4 Å². The molecule has 3 aromatic rings. The summed E-state index contributed by atoms with van der Waals surface area (Å²) in [6.07, 6.45) is -2.99. The third-order valence-corrected chi connectivity index (χ3v) is 6.17. The molecule has 7 nitrogen and oxygen atoms in total. The lowest BCUT2D eigenvalue weighted by Gasteiger charge is -2.29. The minimum atomic E-state index is -4.70. The molecule has 4 rings (SSSR count). The standard InChI is InChI=1S/C26H26F3N3O4/c1-16-3-6-20(30-24(34)17-4-5-18(15-33)22(11-17)26(27,28)29)13-21(16)19-12-23(25(35)31(2)14-19)32-7-9-36-10-8-32/h3-6,11-14,33H,7-10,15H2,1-2H3,(H,30,34). The number of carbonyl (C=O) groups excluding carboxylic acids is 1. The highest BCUT2D eigenvalue weighted by molar-refractivity contribution is 6.04. The van der Waals surface area contributed by atoms with Crippen LogP contribution >= 0.6 is 0 Å². The Labute approximate surface area is 205 Å². The first kappa shape index (κ1) is 25.5. The first-order valence-electron chi connectivity index (χ1n) is 11.3. The van der Waals surface area contributed by atoms with Gasteiger partial charge in [0.1, 0.15) is 5.69 Å². The highest BCUT2D eigenvalue weighted by Crippen LogP contribution is 2.33. The number of ether oxygens (including phenoxy) is 1. The van der Waals surface area contributed by atoms with Crippen molar-refractivity contribution in [2.24, 2.45) is 7.05 Å². The van der Waals surface area contributed by atoms with E-state index >= 15 is 0 Å². The third kappa shape index (κ3) is 5.29. The molecule has 0 spiro atoms. The van der Waals surface area contributed by atoms with Crippen LogP contribution < -0.4 is 15.8 Å².